The molecule has 0 unspecified atom stereocenters. The molecule has 0 radical (unpaired) electrons. The van der Waals surface area contributed by atoms with Gasteiger partial charge in [0.05, 0.1) is 6.61 Å². The van der Waals surface area contributed by atoms with Crippen LogP contribution >= 0.6 is 0 Å². The summed E-state index contributed by atoms with van der Waals surface area (Å²) < 4.78 is 5.53. The van der Waals surface area contributed by atoms with E-state index in [2.05, 4.69) is 17.1 Å². The van der Waals surface area contributed by atoms with Crippen LogP contribution in [0.5, 0.6) is 0 Å². The number of aromatic nitrogens is 2. The first-order valence-electron chi connectivity index (χ1n) is 6.38. The number of ether oxygens (including phenoxy) is 1. The molecule has 1 aromatic rings. The molecule has 0 bridgehead atoms. The fourth-order valence-corrected chi connectivity index (χ4v) is 2.16. The number of carbonyl (C=O) groups excluding carboxylic acids is 1. The highest BCUT2D eigenvalue weighted by Crippen LogP contribution is 2.19. The molecule has 3 N–H and O–H groups in total. The van der Waals surface area contributed by atoms with Gasteiger partial charge in [0.1, 0.15) is 11.5 Å². The molecule has 0 aliphatic carbocycles. The third kappa shape index (κ3) is 3.01. The zero-order chi connectivity index (χ0) is 13.0. The van der Waals surface area contributed by atoms with E-state index in [0.717, 1.165) is 39.1 Å². The normalized spacial score (nSPS) is 19.4. The van der Waals surface area contributed by atoms with Crippen molar-refractivity contribution in [1.82, 2.24) is 15.1 Å². The van der Waals surface area contributed by atoms with Crippen molar-refractivity contribution in [2.75, 3.05) is 32.0 Å². The zero-order valence-corrected chi connectivity index (χ0v) is 10.7. The summed E-state index contributed by atoms with van der Waals surface area (Å²) in [6, 6.07) is 1.57. The largest absolute Gasteiger partial charge is 0.382 e. The van der Waals surface area contributed by atoms with Crippen molar-refractivity contribution in [2.45, 2.75) is 19.8 Å². The Morgan fingerprint density at radius 3 is 3.22 bits per heavy atom. The first kappa shape index (κ1) is 12.9. The van der Waals surface area contributed by atoms with Crippen molar-refractivity contribution in [2.24, 2.45) is 5.92 Å². The second-order valence-electron chi connectivity index (χ2n) is 4.69. The summed E-state index contributed by atoms with van der Waals surface area (Å²) >= 11 is 0. The summed E-state index contributed by atoms with van der Waals surface area (Å²) in [5, 5.41) is 6.42. The van der Waals surface area contributed by atoms with E-state index < -0.39 is 0 Å². The van der Waals surface area contributed by atoms with Gasteiger partial charge in [0.15, 0.2) is 0 Å². The van der Waals surface area contributed by atoms with Crippen LogP contribution in [0, 0.1) is 5.92 Å². The van der Waals surface area contributed by atoms with E-state index in [-0.39, 0.29) is 5.91 Å². The lowest BCUT2D eigenvalue weighted by atomic mass is 10.1. The van der Waals surface area contributed by atoms with Crippen LogP contribution in [0.3, 0.4) is 0 Å². The number of aromatic amines is 1. The number of carbonyl (C=O) groups is 1. The van der Waals surface area contributed by atoms with Crippen LogP contribution in [0.4, 0.5) is 5.82 Å². The molecule has 18 heavy (non-hydrogen) atoms. The molecule has 1 aliphatic rings. The van der Waals surface area contributed by atoms with Gasteiger partial charge in [-0.3, -0.25) is 9.89 Å². The average Bonchev–Trinajstić information content (AvgIpc) is 2.98. The molecule has 0 spiro atoms. The summed E-state index contributed by atoms with van der Waals surface area (Å²) in [5.41, 5.74) is 5.95. The molecule has 100 valence electrons. The Hall–Kier alpha value is -1.56. The second kappa shape index (κ2) is 5.86. The zero-order valence-electron chi connectivity index (χ0n) is 10.7. The minimum atomic E-state index is -0.0304. The minimum absolute atomic E-state index is 0.0304. The molecule has 1 aromatic heterocycles. The Morgan fingerprint density at radius 1 is 1.72 bits per heavy atom. The summed E-state index contributed by atoms with van der Waals surface area (Å²) in [6.07, 6.45) is 2.03. The van der Waals surface area contributed by atoms with Crippen molar-refractivity contribution >= 4 is 11.7 Å². The molecule has 1 aliphatic heterocycles. The SMILES string of the molecule is CCCOC[C@H]1CCN(C(=O)c2cc(N)n[nH]2)C1. The van der Waals surface area contributed by atoms with E-state index in [1.807, 2.05) is 4.90 Å². The van der Waals surface area contributed by atoms with Gasteiger partial charge in [0.2, 0.25) is 0 Å². The number of H-pyrrole nitrogens is 1. The van der Waals surface area contributed by atoms with Gasteiger partial charge in [-0.05, 0) is 12.8 Å². The lowest BCUT2D eigenvalue weighted by Gasteiger charge is -2.15. The van der Waals surface area contributed by atoms with Crippen molar-refractivity contribution in [3.8, 4) is 0 Å². The van der Waals surface area contributed by atoms with E-state index in [4.69, 9.17) is 10.5 Å². The molecule has 1 fully saturated rings. The summed E-state index contributed by atoms with van der Waals surface area (Å²) in [4.78, 5) is 13.9. The van der Waals surface area contributed by atoms with Gasteiger partial charge in [0.25, 0.3) is 5.91 Å². The van der Waals surface area contributed by atoms with E-state index in [1.54, 1.807) is 6.07 Å². The second-order valence-corrected chi connectivity index (χ2v) is 4.69. The Morgan fingerprint density at radius 2 is 2.56 bits per heavy atom. The maximum atomic E-state index is 12.1. The lowest BCUT2D eigenvalue weighted by Crippen LogP contribution is -2.29. The third-order valence-electron chi connectivity index (χ3n) is 3.10. The number of rotatable bonds is 5. The fraction of sp³-hybridized carbons (Fsp3) is 0.667. The number of hydrogen-bond donors (Lipinski definition) is 2. The smallest absolute Gasteiger partial charge is 0.271 e. The van der Waals surface area contributed by atoms with Gasteiger partial charge in [-0.25, -0.2) is 0 Å². The van der Waals surface area contributed by atoms with Crippen LogP contribution < -0.4 is 5.73 Å². The van der Waals surface area contributed by atoms with Crippen LogP contribution in [0.15, 0.2) is 6.07 Å². The molecule has 0 saturated carbocycles. The van der Waals surface area contributed by atoms with Gasteiger partial charge in [-0.15, -0.1) is 0 Å². The molecule has 6 nitrogen and oxygen atoms in total. The van der Waals surface area contributed by atoms with Gasteiger partial charge in [-0.2, -0.15) is 5.10 Å². The van der Waals surface area contributed by atoms with Gasteiger partial charge < -0.3 is 15.4 Å². The number of anilines is 1. The predicted molar refractivity (Wildman–Crippen MR) is 68.1 cm³/mol. The Bertz CT molecular complexity index is 405. The van der Waals surface area contributed by atoms with E-state index in [1.165, 1.54) is 0 Å². The molecule has 2 rings (SSSR count). The van der Waals surface area contributed by atoms with Crippen molar-refractivity contribution in [3.05, 3.63) is 11.8 Å². The van der Waals surface area contributed by atoms with Crippen molar-refractivity contribution in [3.63, 3.8) is 0 Å². The monoisotopic (exact) mass is 252 g/mol. The van der Waals surface area contributed by atoms with E-state index >= 15 is 0 Å². The highest BCUT2D eigenvalue weighted by atomic mass is 16.5. The molecule has 1 amide bonds. The van der Waals surface area contributed by atoms with Crippen LogP contribution in [-0.2, 0) is 4.74 Å². The molecule has 2 heterocycles. The molecule has 1 atom stereocenters. The Kier molecular flexibility index (Phi) is 4.19. The maximum absolute atomic E-state index is 12.1. The molecule has 0 aromatic carbocycles. The summed E-state index contributed by atoms with van der Waals surface area (Å²) in [6.45, 7) is 5.15. The third-order valence-corrected chi connectivity index (χ3v) is 3.10. The highest BCUT2D eigenvalue weighted by molar-refractivity contribution is 5.93. The van der Waals surface area contributed by atoms with Gasteiger partial charge >= 0.3 is 0 Å². The maximum Gasteiger partial charge on any atom is 0.271 e. The number of nitrogens with two attached hydrogens (primary N) is 1. The highest BCUT2D eigenvalue weighted by Gasteiger charge is 2.27. The van der Waals surface area contributed by atoms with Gasteiger partial charge in [-0.1, -0.05) is 6.92 Å². The lowest BCUT2D eigenvalue weighted by molar-refractivity contribution is 0.0749. The number of amides is 1. The molecular formula is C12H20N4O2. The summed E-state index contributed by atoms with van der Waals surface area (Å²) in [5.74, 6) is 0.762. The number of nitrogens with one attached hydrogen (secondary N) is 1. The van der Waals surface area contributed by atoms with Crippen LogP contribution in [0.2, 0.25) is 0 Å². The first-order valence-corrected chi connectivity index (χ1v) is 6.38. The van der Waals surface area contributed by atoms with Crippen LogP contribution in [0.25, 0.3) is 0 Å². The molecule has 1 saturated heterocycles. The first-order chi connectivity index (χ1) is 8.70. The van der Waals surface area contributed by atoms with Gasteiger partial charge in [0, 0.05) is 31.7 Å². The predicted octanol–water partition coefficient (Wildman–Crippen LogP) is 0.881. The van der Waals surface area contributed by atoms with Crippen LogP contribution in [-0.4, -0.2) is 47.3 Å². The van der Waals surface area contributed by atoms with Crippen molar-refractivity contribution in [1.29, 1.82) is 0 Å². The van der Waals surface area contributed by atoms with Crippen molar-refractivity contribution < 1.29 is 9.53 Å². The standard InChI is InChI=1S/C12H20N4O2/c1-2-5-18-8-9-3-4-16(7-9)12(17)10-6-11(13)15-14-10/h6,9H,2-5,7-8H2,1H3,(H3,13,14,15)/t9-/m0/s1. The number of hydrogen-bond acceptors (Lipinski definition) is 4. The van der Waals surface area contributed by atoms with E-state index in [0.29, 0.717) is 17.4 Å². The molecule has 6 heteroatoms. The Labute approximate surface area is 106 Å². The number of likely N-dealkylation sites (tertiary alicyclic amines) is 1. The number of nitrogens with zero attached hydrogens (tertiary/aromatic N) is 2. The van der Waals surface area contributed by atoms with Crippen LogP contribution in [0.1, 0.15) is 30.3 Å². The summed E-state index contributed by atoms with van der Waals surface area (Å²) in [7, 11) is 0. The number of nitrogen functional groups attached to an aromatic ring is 1. The quantitative estimate of drug-likeness (QED) is 0.762. The fourth-order valence-electron chi connectivity index (χ4n) is 2.16. The van der Waals surface area contributed by atoms with E-state index in [9.17, 15) is 4.79 Å². The topological polar surface area (TPSA) is 84.2 Å². The average molecular weight is 252 g/mol. The minimum Gasteiger partial charge on any atom is -0.382 e. The Balaban J connectivity index is 1.83. The molecular weight excluding hydrogens is 232 g/mol.